The maximum Gasteiger partial charge on any atom is 0.307 e. The van der Waals surface area contributed by atoms with Gasteiger partial charge < -0.3 is 20.1 Å². The van der Waals surface area contributed by atoms with Crippen LogP contribution >= 0.6 is 0 Å². The molecule has 0 saturated heterocycles. The minimum absolute atomic E-state index is 0.0327. The van der Waals surface area contributed by atoms with Crippen molar-refractivity contribution in [1.29, 1.82) is 0 Å². The van der Waals surface area contributed by atoms with Crippen molar-refractivity contribution in [3.05, 3.63) is 0 Å². The third kappa shape index (κ3) is 24.2. The quantitative estimate of drug-likeness (QED) is 0.0936. The summed E-state index contributed by atoms with van der Waals surface area (Å²) in [6.07, 6.45) is 11.8. The third-order valence-corrected chi connectivity index (χ3v) is 7.06. The lowest BCUT2D eigenvalue weighted by molar-refractivity contribution is -0.148. The first kappa shape index (κ1) is 38.0. The van der Waals surface area contributed by atoms with E-state index in [1.165, 1.54) is 25.7 Å². The zero-order valence-corrected chi connectivity index (χ0v) is 24.9. The molecule has 2 unspecified atom stereocenters. The Morgan fingerprint density at radius 3 is 1.82 bits per heavy atom. The van der Waals surface area contributed by atoms with E-state index in [1.807, 2.05) is 13.8 Å². The number of ether oxygens (including phenoxy) is 1. The highest BCUT2D eigenvalue weighted by atomic mass is 16.5. The van der Waals surface area contributed by atoms with Gasteiger partial charge in [-0.15, -0.1) is 0 Å². The fourth-order valence-electron chi connectivity index (χ4n) is 4.23. The fourth-order valence-corrected chi connectivity index (χ4v) is 4.23. The Morgan fingerprint density at radius 2 is 1.29 bits per heavy atom. The minimum Gasteiger partial charge on any atom is -0.481 e. The number of carbonyl (C=O) groups excluding carboxylic acids is 1. The van der Waals surface area contributed by atoms with Crippen molar-refractivity contribution in [3.63, 3.8) is 0 Å². The number of aliphatic carboxylic acids is 3. The maximum absolute atomic E-state index is 11.3. The number of carboxylic acids is 3. The highest BCUT2D eigenvalue weighted by Gasteiger charge is 2.34. The summed E-state index contributed by atoms with van der Waals surface area (Å²) >= 11 is 0. The molecule has 0 aliphatic heterocycles. The molecule has 0 spiro atoms. The molecule has 0 amide bonds. The minimum atomic E-state index is -0.929. The smallest absolute Gasteiger partial charge is 0.307 e. The van der Waals surface area contributed by atoms with Gasteiger partial charge in [-0.3, -0.25) is 19.2 Å². The number of rotatable bonds is 22. The van der Waals surface area contributed by atoms with Crippen molar-refractivity contribution in [1.82, 2.24) is 0 Å². The Labute approximate surface area is 230 Å². The molecule has 0 rings (SSSR count). The predicted molar refractivity (Wildman–Crippen MR) is 150 cm³/mol. The Balaban J connectivity index is 0. The van der Waals surface area contributed by atoms with Crippen LogP contribution in [0.4, 0.5) is 0 Å². The molecule has 8 heteroatoms. The van der Waals surface area contributed by atoms with Gasteiger partial charge in [0.2, 0.25) is 0 Å². The van der Waals surface area contributed by atoms with Gasteiger partial charge in [-0.1, -0.05) is 92.9 Å². The predicted octanol–water partition coefficient (Wildman–Crippen LogP) is 7.58. The summed E-state index contributed by atoms with van der Waals surface area (Å²) < 4.78 is 5.04. The molecule has 38 heavy (non-hydrogen) atoms. The molecule has 0 bridgehead atoms. The Kier molecular flexibility index (Phi) is 22.8. The van der Waals surface area contributed by atoms with Crippen LogP contribution in [-0.4, -0.2) is 45.8 Å². The zero-order chi connectivity index (χ0) is 29.6. The Morgan fingerprint density at radius 1 is 0.711 bits per heavy atom. The van der Waals surface area contributed by atoms with Crippen molar-refractivity contribution in [2.45, 2.75) is 138 Å². The molecule has 0 fully saturated rings. The lowest BCUT2D eigenvalue weighted by Crippen LogP contribution is -2.31. The van der Waals surface area contributed by atoms with Gasteiger partial charge in [0.1, 0.15) is 0 Å². The van der Waals surface area contributed by atoms with Crippen LogP contribution in [-0.2, 0) is 23.9 Å². The van der Waals surface area contributed by atoms with E-state index in [0.717, 1.165) is 44.4 Å². The molecule has 0 aliphatic carbocycles. The second-order valence-electron chi connectivity index (χ2n) is 11.6. The van der Waals surface area contributed by atoms with Crippen LogP contribution in [0, 0.1) is 23.2 Å². The number of carboxylic acid groups (broad SMARTS) is 3. The van der Waals surface area contributed by atoms with Gasteiger partial charge in [-0.2, -0.15) is 0 Å². The lowest BCUT2D eigenvalue weighted by Gasteiger charge is -2.31. The van der Waals surface area contributed by atoms with Crippen LogP contribution in [0.15, 0.2) is 0 Å². The van der Waals surface area contributed by atoms with Crippen LogP contribution in [0.1, 0.15) is 138 Å². The van der Waals surface area contributed by atoms with Gasteiger partial charge in [-0.25, -0.2) is 0 Å². The van der Waals surface area contributed by atoms with Gasteiger partial charge in [-0.05, 0) is 42.9 Å². The topological polar surface area (TPSA) is 138 Å². The standard InChI is InChI=1S/2C15H28O4/c1-5-11(2)7-6-10-15(3,4)12(14(18)19)8-9-13(16)17;1-13(2)9-6-4-3-5-7-12-19-15(18)11-8-10-14(16)17/h11-12H,5-10H2,1-4H3,(H,16,17)(H,18,19);13H,3-12H2,1-2H3,(H,16,17). The van der Waals surface area contributed by atoms with E-state index in [2.05, 4.69) is 27.7 Å². The number of esters is 1. The molecule has 8 nitrogen and oxygen atoms in total. The summed E-state index contributed by atoms with van der Waals surface area (Å²) in [7, 11) is 0. The first-order chi connectivity index (χ1) is 17.7. The molecule has 0 aliphatic rings. The molecule has 0 aromatic rings. The largest absolute Gasteiger partial charge is 0.481 e. The van der Waals surface area contributed by atoms with Crippen LogP contribution in [0.2, 0.25) is 0 Å². The highest BCUT2D eigenvalue weighted by molar-refractivity contribution is 5.73. The van der Waals surface area contributed by atoms with Crippen LogP contribution in [0.3, 0.4) is 0 Å². The van der Waals surface area contributed by atoms with E-state index in [1.54, 1.807) is 0 Å². The average Bonchev–Trinajstić information content (AvgIpc) is 2.80. The maximum atomic E-state index is 11.3. The second kappa shape index (κ2) is 22.8. The summed E-state index contributed by atoms with van der Waals surface area (Å²) in [6.45, 7) is 13.2. The first-order valence-corrected chi connectivity index (χ1v) is 14.5. The SMILES string of the molecule is CC(C)CCCCCCCOC(=O)CCCC(=O)O.CCC(C)CCCC(C)(C)C(CCC(=O)O)C(=O)O. The first-order valence-electron chi connectivity index (χ1n) is 14.5. The van der Waals surface area contributed by atoms with E-state index in [-0.39, 0.29) is 37.1 Å². The second-order valence-corrected chi connectivity index (χ2v) is 11.6. The Hall–Kier alpha value is -2.12. The van der Waals surface area contributed by atoms with Gasteiger partial charge in [0.15, 0.2) is 0 Å². The zero-order valence-electron chi connectivity index (χ0n) is 24.9. The van der Waals surface area contributed by atoms with E-state index < -0.39 is 23.8 Å². The van der Waals surface area contributed by atoms with E-state index in [9.17, 15) is 24.3 Å². The van der Waals surface area contributed by atoms with E-state index >= 15 is 0 Å². The molecule has 2 atom stereocenters. The van der Waals surface area contributed by atoms with E-state index in [4.69, 9.17) is 14.9 Å². The highest BCUT2D eigenvalue weighted by Crippen LogP contribution is 2.36. The molecule has 0 radical (unpaired) electrons. The summed E-state index contributed by atoms with van der Waals surface area (Å²) in [5, 5.41) is 26.4. The lowest BCUT2D eigenvalue weighted by atomic mass is 9.72. The molecule has 0 heterocycles. The van der Waals surface area contributed by atoms with Crippen molar-refractivity contribution in [2.24, 2.45) is 23.2 Å². The van der Waals surface area contributed by atoms with Crippen molar-refractivity contribution in [2.75, 3.05) is 6.61 Å². The summed E-state index contributed by atoms with van der Waals surface area (Å²) in [5.74, 6) is -2.09. The van der Waals surface area contributed by atoms with Crippen molar-refractivity contribution >= 4 is 23.9 Å². The third-order valence-electron chi connectivity index (χ3n) is 7.06. The van der Waals surface area contributed by atoms with Crippen LogP contribution in [0.25, 0.3) is 0 Å². The monoisotopic (exact) mass is 544 g/mol. The molecule has 3 N–H and O–H groups in total. The van der Waals surface area contributed by atoms with Crippen molar-refractivity contribution in [3.8, 4) is 0 Å². The number of hydrogen-bond donors (Lipinski definition) is 3. The summed E-state index contributed by atoms with van der Waals surface area (Å²) in [6, 6.07) is 0. The van der Waals surface area contributed by atoms with Gasteiger partial charge in [0.05, 0.1) is 12.5 Å². The number of carbonyl (C=O) groups is 4. The summed E-state index contributed by atoms with van der Waals surface area (Å²) in [4.78, 5) is 43.4. The molecule has 0 aromatic heterocycles. The normalized spacial score (nSPS) is 12.8. The van der Waals surface area contributed by atoms with Gasteiger partial charge in [0, 0.05) is 19.3 Å². The van der Waals surface area contributed by atoms with Crippen LogP contribution < -0.4 is 0 Å². The van der Waals surface area contributed by atoms with Crippen LogP contribution in [0.5, 0.6) is 0 Å². The molecule has 0 aromatic carbocycles. The molecular formula is C30H56O8. The fraction of sp³-hybridized carbons (Fsp3) is 0.867. The van der Waals surface area contributed by atoms with Gasteiger partial charge in [0.25, 0.3) is 0 Å². The molecule has 224 valence electrons. The van der Waals surface area contributed by atoms with E-state index in [0.29, 0.717) is 18.9 Å². The number of unbranched alkanes of at least 4 members (excludes halogenated alkanes) is 4. The molecular weight excluding hydrogens is 488 g/mol. The average molecular weight is 545 g/mol. The number of hydrogen-bond acceptors (Lipinski definition) is 5. The van der Waals surface area contributed by atoms with Gasteiger partial charge >= 0.3 is 23.9 Å². The molecule has 0 saturated carbocycles. The van der Waals surface area contributed by atoms with Crippen molar-refractivity contribution < 1.29 is 39.2 Å². The summed E-state index contributed by atoms with van der Waals surface area (Å²) in [5.41, 5.74) is -0.352. The Bertz CT molecular complexity index is 657.